The number of carbonyl (C=O) groups excluding carboxylic acids is 1. The van der Waals surface area contributed by atoms with Gasteiger partial charge < -0.3 is 24.7 Å². The zero-order valence-corrected chi connectivity index (χ0v) is 20.5. The lowest BCUT2D eigenvalue weighted by Gasteiger charge is -2.18. The maximum atomic E-state index is 12.9. The van der Waals surface area contributed by atoms with Gasteiger partial charge in [0, 0.05) is 41.0 Å². The molecule has 7 nitrogen and oxygen atoms in total. The zero-order chi connectivity index (χ0) is 22.9. The number of rotatable bonds is 5. The quantitative estimate of drug-likeness (QED) is 0.260. The minimum atomic E-state index is -0.208. The summed E-state index contributed by atoms with van der Waals surface area (Å²) in [6, 6.07) is 17.3. The van der Waals surface area contributed by atoms with Gasteiger partial charge in [0.05, 0.1) is 11.0 Å². The molecule has 8 heteroatoms. The zero-order valence-electron chi connectivity index (χ0n) is 18.3. The van der Waals surface area contributed by atoms with Crippen molar-refractivity contribution in [1.82, 2.24) is 9.97 Å². The van der Waals surface area contributed by atoms with Crippen LogP contribution in [0.2, 0.25) is 0 Å². The van der Waals surface area contributed by atoms with E-state index >= 15 is 0 Å². The van der Waals surface area contributed by atoms with Crippen LogP contribution in [-0.4, -0.2) is 43.2 Å². The molecule has 33 heavy (non-hydrogen) atoms. The summed E-state index contributed by atoms with van der Waals surface area (Å²) in [6.07, 6.45) is 0. The molecule has 0 spiro atoms. The summed E-state index contributed by atoms with van der Waals surface area (Å²) < 4.78 is 12.0. The van der Waals surface area contributed by atoms with Crippen LogP contribution in [0.5, 0.6) is 11.5 Å². The van der Waals surface area contributed by atoms with E-state index < -0.39 is 0 Å². The Bertz CT molecular complexity index is 1350. The van der Waals surface area contributed by atoms with E-state index in [-0.39, 0.29) is 5.91 Å². The van der Waals surface area contributed by atoms with Crippen LogP contribution in [0, 0.1) is 0 Å². The first kappa shape index (κ1) is 21.6. The van der Waals surface area contributed by atoms with Gasteiger partial charge in [-0.15, -0.1) is 0 Å². The van der Waals surface area contributed by atoms with Crippen molar-refractivity contribution in [3.05, 3.63) is 65.7 Å². The maximum Gasteiger partial charge on any atom is 0.255 e. The predicted octanol–water partition coefficient (Wildman–Crippen LogP) is 5.25. The maximum absolute atomic E-state index is 12.9. The fraction of sp³-hybridized carbons (Fsp3) is 0.200. The molecular weight excluding hydrogens is 531 g/mol. The highest BCUT2D eigenvalue weighted by atomic mass is 127. The average molecular weight is 554 g/mol. The number of carbonyl (C=O) groups is 1. The number of hydrogen-bond donors (Lipinski definition) is 2. The Morgan fingerprint density at radius 1 is 1.06 bits per heavy atom. The molecule has 168 valence electrons. The van der Waals surface area contributed by atoms with Gasteiger partial charge in [0.15, 0.2) is 11.5 Å². The van der Waals surface area contributed by atoms with Crippen LogP contribution >= 0.6 is 22.6 Å². The standard InChI is InChI=1S/C25H23IN4O3/c1-30(2)18-6-7-20-21(13-18)29-24(28-20)19-12-17(5-3-16(19)14-26)27-25(31)15-4-8-22-23(11-15)33-10-9-32-22/h3-8,11-13H,9-10,14H2,1-2H3,(H,27,31)(H,28,29). The fourth-order valence-corrected chi connectivity index (χ4v) is 4.44. The molecule has 0 bridgehead atoms. The molecule has 0 saturated heterocycles. The Balaban J connectivity index is 1.45. The second-order valence-electron chi connectivity index (χ2n) is 8.00. The molecule has 5 rings (SSSR count). The van der Waals surface area contributed by atoms with E-state index in [1.807, 2.05) is 38.4 Å². The number of fused-ring (bicyclic) bond motifs is 2. The van der Waals surface area contributed by atoms with Crippen molar-refractivity contribution in [2.45, 2.75) is 4.43 Å². The fourth-order valence-electron chi connectivity index (χ4n) is 3.78. The molecule has 1 amide bonds. The second kappa shape index (κ2) is 8.93. The highest BCUT2D eigenvalue weighted by Gasteiger charge is 2.16. The summed E-state index contributed by atoms with van der Waals surface area (Å²) in [5.74, 6) is 1.83. The number of anilines is 2. The molecule has 0 aliphatic carbocycles. The Morgan fingerprint density at radius 2 is 1.88 bits per heavy atom. The average Bonchev–Trinajstić information content (AvgIpc) is 3.27. The number of H-pyrrole nitrogens is 1. The van der Waals surface area contributed by atoms with Gasteiger partial charge in [-0.25, -0.2) is 4.98 Å². The monoisotopic (exact) mass is 554 g/mol. The van der Waals surface area contributed by atoms with Gasteiger partial charge in [0.2, 0.25) is 0 Å². The lowest BCUT2D eigenvalue weighted by molar-refractivity contribution is 0.102. The van der Waals surface area contributed by atoms with E-state index in [2.05, 4.69) is 49.9 Å². The van der Waals surface area contributed by atoms with Crippen molar-refractivity contribution in [1.29, 1.82) is 0 Å². The van der Waals surface area contributed by atoms with E-state index in [4.69, 9.17) is 14.5 Å². The molecule has 1 aliphatic heterocycles. The largest absolute Gasteiger partial charge is 0.486 e. The van der Waals surface area contributed by atoms with E-state index in [0.29, 0.717) is 36.0 Å². The molecular formula is C25H23IN4O3. The van der Waals surface area contributed by atoms with Crippen molar-refractivity contribution in [3.8, 4) is 22.9 Å². The summed E-state index contributed by atoms with van der Waals surface area (Å²) in [6.45, 7) is 0.995. The normalized spacial score (nSPS) is 12.6. The lowest BCUT2D eigenvalue weighted by Crippen LogP contribution is -2.17. The van der Waals surface area contributed by atoms with Crippen LogP contribution in [-0.2, 0) is 4.43 Å². The summed E-state index contributed by atoms with van der Waals surface area (Å²) in [5.41, 5.74) is 6.29. The first-order valence-electron chi connectivity index (χ1n) is 10.6. The van der Waals surface area contributed by atoms with Crippen LogP contribution in [0.4, 0.5) is 11.4 Å². The van der Waals surface area contributed by atoms with Crippen LogP contribution in [0.15, 0.2) is 54.6 Å². The topological polar surface area (TPSA) is 79.5 Å². The molecule has 0 radical (unpaired) electrons. The molecule has 2 heterocycles. The van der Waals surface area contributed by atoms with Crippen molar-refractivity contribution in [2.75, 3.05) is 37.5 Å². The predicted molar refractivity (Wildman–Crippen MR) is 139 cm³/mol. The first-order valence-corrected chi connectivity index (χ1v) is 12.1. The molecule has 1 aliphatic rings. The van der Waals surface area contributed by atoms with Crippen LogP contribution in [0.25, 0.3) is 22.4 Å². The summed E-state index contributed by atoms with van der Waals surface area (Å²) in [4.78, 5) is 23.2. The Hall–Kier alpha value is -3.27. The molecule has 2 N–H and O–H groups in total. The van der Waals surface area contributed by atoms with Crippen LogP contribution in [0.3, 0.4) is 0 Å². The van der Waals surface area contributed by atoms with Gasteiger partial charge in [-0.1, -0.05) is 28.7 Å². The number of imidazole rings is 1. The molecule has 3 aromatic carbocycles. The highest BCUT2D eigenvalue weighted by Crippen LogP contribution is 2.32. The SMILES string of the molecule is CN(C)c1ccc2[nH]c(-c3cc(NC(=O)c4ccc5c(c4)OCCO5)ccc3CI)nc2c1. The summed E-state index contributed by atoms with van der Waals surface area (Å²) in [5, 5.41) is 3.00. The molecule has 0 unspecified atom stereocenters. The second-order valence-corrected chi connectivity index (χ2v) is 8.76. The molecule has 4 aromatic rings. The number of ether oxygens (including phenoxy) is 2. The van der Waals surface area contributed by atoms with Crippen LogP contribution in [0.1, 0.15) is 15.9 Å². The highest BCUT2D eigenvalue weighted by molar-refractivity contribution is 14.1. The van der Waals surface area contributed by atoms with Crippen molar-refractivity contribution in [3.63, 3.8) is 0 Å². The van der Waals surface area contributed by atoms with Gasteiger partial charge in [-0.2, -0.15) is 0 Å². The van der Waals surface area contributed by atoms with Gasteiger partial charge in [0.25, 0.3) is 5.91 Å². The molecule has 0 fully saturated rings. The van der Waals surface area contributed by atoms with Gasteiger partial charge in [-0.3, -0.25) is 4.79 Å². The first-order chi connectivity index (χ1) is 16.0. The summed E-state index contributed by atoms with van der Waals surface area (Å²) >= 11 is 2.34. The van der Waals surface area contributed by atoms with Gasteiger partial charge >= 0.3 is 0 Å². The number of alkyl halides is 1. The number of nitrogens with one attached hydrogen (secondary N) is 2. The third-order valence-electron chi connectivity index (χ3n) is 5.55. The van der Waals surface area contributed by atoms with Crippen LogP contribution < -0.4 is 19.7 Å². The van der Waals surface area contributed by atoms with E-state index in [1.165, 1.54) is 0 Å². The Kier molecular flexibility index (Phi) is 5.84. The smallest absolute Gasteiger partial charge is 0.255 e. The number of halogens is 1. The third-order valence-corrected chi connectivity index (χ3v) is 6.38. The lowest BCUT2D eigenvalue weighted by atomic mass is 10.1. The Morgan fingerprint density at radius 3 is 2.67 bits per heavy atom. The van der Waals surface area contributed by atoms with E-state index in [0.717, 1.165) is 38.1 Å². The summed E-state index contributed by atoms with van der Waals surface area (Å²) in [7, 11) is 4.02. The number of benzene rings is 3. The number of hydrogen-bond acceptors (Lipinski definition) is 5. The van der Waals surface area contributed by atoms with E-state index in [1.54, 1.807) is 18.2 Å². The van der Waals surface area contributed by atoms with Crippen molar-refractivity contribution < 1.29 is 14.3 Å². The van der Waals surface area contributed by atoms with Crippen molar-refractivity contribution in [2.24, 2.45) is 0 Å². The van der Waals surface area contributed by atoms with Gasteiger partial charge in [0.1, 0.15) is 19.0 Å². The van der Waals surface area contributed by atoms with Gasteiger partial charge in [-0.05, 0) is 54.1 Å². The molecule has 1 aromatic heterocycles. The van der Waals surface area contributed by atoms with Crippen molar-refractivity contribution >= 4 is 50.9 Å². The minimum Gasteiger partial charge on any atom is -0.486 e. The number of aromatic nitrogens is 2. The minimum absolute atomic E-state index is 0.208. The molecule has 0 atom stereocenters. The molecule has 0 saturated carbocycles. The number of amides is 1. The number of aromatic amines is 1. The Labute approximate surface area is 205 Å². The number of nitrogens with zero attached hydrogens (tertiary/aromatic N) is 2. The van der Waals surface area contributed by atoms with E-state index in [9.17, 15) is 4.79 Å². The third kappa shape index (κ3) is 4.35.